The summed E-state index contributed by atoms with van der Waals surface area (Å²) >= 11 is 0. The first-order chi connectivity index (χ1) is 13.6. The number of ether oxygens (including phenoxy) is 1. The van der Waals surface area contributed by atoms with E-state index in [1.807, 2.05) is 48.6 Å². The summed E-state index contributed by atoms with van der Waals surface area (Å²) in [5, 5.41) is 24.8. The van der Waals surface area contributed by atoms with Crippen LogP contribution in [0.2, 0.25) is 0 Å². The third-order valence-corrected chi connectivity index (χ3v) is 4.84. The van der Waals surface area contributed by atoms with Gasteiger partial charge in [-0.3, -0.25) is 4.98 Å². The number of dihydropyridines is 1. The van der Waals surface area contributed by atoms with Crippen LogP contribution in [0.25, 0.3) is 5.70 Å². The van der Waals surface area contributed by atoms with Crippen molar-refractivity contribution in [3.05, 3.63) is 102 Å². The van der Waals surface area contributed by atoms with Crippen molar-refractivity contribution >= 4 is 5.70 Å². The van der Waals surface area contributed by atoms with E-state index in [4.69, 9.17) is 4.74 Å². The smallest absolute Gasteiger partial charge is 0.122 e. The molecule has 0 bridgehead atoms. The number of phenolic OH excluding ortho intramolecular Hbond substituents is 2. The van der Waals surface area contributed by atoms with Crippen LogP contribution in [-0.4, -0.2) is 22.3 Å². The second kappa shape index (κ2) is 7.12. The van der Waals surface area contributed by atoms with Crippen molar-refractivity contribution in [1.82, 2.24) is 10.3 Å². The van der Waals surface area contributed by atoms with Crippen LogP contribution in [0.4, 0.5) is 0 Å². The topological polar surface area (TPSA) is 74.6 Å². The molecule has 4 rings (SSSR count). The number of methoxy groups -OCH3 is 1. The molecule has 0 amide bonds. The highest BCUT2D eigenvalue weighted by atomic mass is 16.5. The fourth-order valence-electron chi connectivity index (χ4n) is 3.48. The van der Waals surface area contributed by atoms with Crippen LogP contribution in [0.1, 0.15) is 16.8 Å². The molecule has 2 heterocycles. The number of nitrogens with zero attached hydrogens (tertiary/aromatic N) is 1. The summed E-state index contributed by atoms with van der Waals surface area (Å²) in [5.74, 6) is 0.805. The van der Waals surface area contributed by atoms with Gasteiger partial charge in [0.15, 0.2) is 0 Å². The second-order valence-electron chi connectivity index (χ2n) is 6.49. The number of phenols is 2. The molecule has 3 N–H and O–H groups in total. The van der Waals surface area contributed by atoms with Gasteiger partial charge in [0.2, 0.25) is 0 Å². The number of allylic oxidation sites excluding steroid dienone is 2. The van der Waals surface area contributed by atoms with Gasteiger partial charge in [0.1, 0.15) is 22.8 Å². The van der Waals surface area contributed by atoms with Crippen molar-refractivity contribution in [3.63, 3.8) is 0 Å². The van der Waals surface area contributed by atoms with Crippen molar-refractivity contribution in [3.8, 4) is 17.2 Å². The molecule has 0 radical (unpaired) electrons. The summed E-state index contributed by atoms with van der Waals surface area (Å²) in [6.45, 7) is 0. The number of aromatic nitrogens is 1. The lowest BCUT2D eigenvalue weighted by molar-refractivity contribution is 0.403. The summed E-state index contributed by atoms with van der Waals surface area (Å²) in [4.78, 5) is 4.42. The molecule has 28 heavy (non-hydrogen) atoms. The van der Waals surface area contributed by atoms with Crippen molar-refractivity contribution < 1.29 is 14.9 Å². The lowest BCUT2D eigenvalue weighted by Crippen LogP contribution is -2.42. The zero-order valence-corrected chi connectivity index (χ0v) is 15.3. The molecule has 0 aliphatic carbocycles. The third kappa shape index (κ3) is 2.97. The van der Waals surface area contributed by atoms with E-state index in [0.717, 1.165) is 11.4 Å². The van der Waals surface area contributed by atoms with Crippen molar-refractivity contribution in [2.75, 3.05) is 7.11 Å². The first-order valence-corrected chi connectivity index (χ1v) is 8.89. The van der Waals surface area contributed by atoms with Gasteiger partial charge in [-0.15, -0.1) is 0 Å². The highest BCUT2D eigenvalue weighted by Crippen LogP contribution is 2.44. The number of para-hydroxylation sites is 1. The summed E-state index contributed by atoms with van der Waals surface area (Å²) in [7, 11) is 1.58. The average molecular weight is 372 g/mol. The van der Waals surface area contributed by atoms with Gasteiger partial charge < -0.3 is 20.3 Å². The maximum Gasteiger partial charge on any atom is 0.122 e. The van der Waals surface area contributed by atoms with Crippen LogP contribution < -0.4 is 10.1 Å². The van der Waals surface area contributed by atoms with E-state index < -0.39 is 5.54 Å². The lowest BCUT2D eigenvalue weighted by Gasteiger charge is -2.37. The Morgan fingerprint density at radius 2 is 1.71 bits per heavy atom. The van der Waals surface area contributed by atoms with E-state index in [1.54, 1.807) is 43.6 Å². The van der Waals surface area contributed by atoms with Crippen LogP contribution in [0.3, 0.4) is 0 Å². The SMILES string of the molecule is COc1ccc(O)c(C2(c3ccccc3O)C=CC=C(c3ccccn3)N2)c1. The number of pyridine rings is 1. The summed E-state index contributed by atoms with van der Waals surface area (Å²) in [5.41, 5.74) is 1.69. The van der Waals surface area contributed by atoms with E-state index in [-0.39, 0.29) is 11.5 Å². The Morgan fingerprint density at radius 3 is 2.46 bits per heavy atom. The predicted molar refractivity (Wildman–Crippen MR) is 108 cm³/mol. The molecule has 1 aliphatic heterocycles. The number of nitrogens with one attached hydrogen (secondary N) is 1. The molecule has 2 aromatic carbocycles. The monoisotopic (exact) mass is 372 g/mol. The first-order valence-electron chi connectivity index (χ1n) is 8.89. The molecule has 0 fully saturated rings. The maximum atomic E-state index is 10.7. The van der Waals surface area contributed by atoms with Crippen LogP contribution in [-0.2, 0) is 5.54 Å². The van der Waals surface area contributed by atoms with Gasteiger partial charge in [-0.05, 0) is 48.6 Å². The minimum Gasteiger partial charge on any atom is -0.508 e. The molecule has 1 atom stereocenters. The molecule has 3 aromatic rings. The average Bonchev–Trinajstić information content (AvgIpc) is 2.75. The molecule has 1 aliphatic rings. The molecule has 0 saturated heterocycles. The Kier molecular flexibility index (Phi) is 4.49. The second-order valence-corrected chi connectivity index (χ2v) is 6.49. The number of hydrogen-bond donors (Lipinski definition) is 3. The molecular formula is C23H20N2O3. The van der Waals surface area contributed by atoms with Gasteiger partial charge in [-0.1, -0.05) is 30.3 Å². The third-order valence-electron chi connectivity index (χ3n) is 4.84. The zero-order chi connectivity index (χ0) is 19.6. The fraction of sp³-hybridized carbons (Fsp3) is 0.0870. The molecule has 140 valence electrons. The molecule has 5 nitrogen and oxygen atoms in total. The van der Waals surface area contributed by atoms with Crippen LogP contribution in [0.15, 0.2) is 85.1 Å². The van der Waals surface area contributed by atoms with Crippen LogP contribution >= 0.6 is 0 Å². The van der Waals surface area contributed by atoms with E-state index >= 15 is 0 Å². The minimum atomic E-state index is -1.01. The van der Waals surface area contributed by atoms with Crippen molar-refractivity contribution in [1.29, 1.82) is 0 Å². The molecule has 1 unspecified atom stereocenters. The summed E-state index contributed by atoms with van der Waals surface area (Å²) < 4.78 is 5.37. The molecule has 1 aromatic heterocycles. The van der Waals surface area contributed by atoms with Crippen LogP contribution in [0, 0.1) is 0 Å². The van der Waals surface area contributed by atoms with Gasteiger partial charge in [0.05, 0.1) is 18.5 Å². The number of rotatable bonds is 4. The van der Waals surface area contributed by atoms with Crippen molar-refractivity contribution in [2.45, 2.75) is 5.54 Å². The molecule has 0 spiro atoms. The van der Waals surface area contributed by atoms with Gasteiger partial charge in [0, 0.05) is 17.3 Å². The number of hydrogen-bond acceptors (Lipinski definition) is 5. The van der Waals surface area contributed by atoms with E-state index in [9.17, 15) is 10.2 Å². The Balaban J connectivity index is 1.94. The Morgan fingerprint density at radius 1 is 0.929 bits per heavy atom. The fourth-order valence-corrected chi connectivity index (χ4v) is 3.48. The number of aromatic hydroxyl groups is 2. The van der Waals surface area contributed by atoms with E-state index in [1.165, 1.54) is 0 Å². The van der Waals surface area contributed by atoms with Crippen LogP contribution in [0.5, 0.6) is 17.2 Å². The van der Waals surface area contributed by atoms with Gasteiger partial charge >= 0.3 is 0 Å². The minimum absolute atomic E-state index is 0.0865. The highest BCUT2D eigenvalue weighted by Gasteiger charge is 2.38. The Bertz CT molecular complexity index is 1060. The molecule has 5 heteroatoms. The predicted octanol–water partition coefficient (Wildman–Crippen LogP) is 3.95. The lowest BCUT2D eigenvalue weighted by atomic mass is 9.79. The highest BCUT2D eigenvalue weighted by molar-refractivity contribution is 5.70. The Hall–Kier alpha value is -3.73. The standard InChI is InChI=1S/C23H20N2O3/c1-28-16-11-12-22(27)18(15-16)23(17-7-2-3-10-21(17)26)13-6-9-20(25-23)19-8-4-5-14-24-19/h2-15,25-27H,1H3. The molecular weight excluding hydrogens is 352 g/mol. The Labute approximate surface area is 163 Å². The molecule has 0 saturated carbocycles. The quantitative estimate of drug-likeness (QED) is 0.647. The van der Waals surface area contributed by atoms with Gasteiger partial charge in [-0.2, -0.15) is 0 Å². The zero-order valence-electron chi connectivity index (χ0n) is 15.3. The van der Waals surface area contributed by atoms with Crippen molar-refractivity contribution in [2.24, 2.45) is 0 Å². The first kappa shape index (κ1) is 17.7. The van der Waals surface area contributed by atoms with E-state index in [0.29, 0.717) is 16.9 Å². The van der Waals surface area contributed by atoms with Gasteiger partial charge in [-0.25, -0.2) is 0 Å². The largest absolute Gasteiger partial charge is 0.508 e. The maximum absolute atomic E-state index is 10.7. The summed E-state index contributed by atoms with van der Waals surface area (Å²) in [6, 6.07) is 17.8. The van der Waals surface area contributed by atoms with E-state index in [2.05, 4.69) is 10.3 Å². The summed E-state index contributed by atoms with van der Waals surface area (Å²) in [6.07, 6.45) is 7.44. The normalized spacial score (nSPS) is 18.2. The van der Waals surface area contributed by atoms with Gasteiger partial charge in [0.25, 0.3) is 0 Å². The number of benzene rings is 2.